The molecule has 100 valence electrons. The number of rotatable bonds is 6. The first-order valence-corrected chi connectivity index (χ1v) is 6.00. The molecule has 0 aliphatic rings. The molecule has 5 heteroatoms. The van der Waals surface area contributed by atoms with Crippen LogP contribution in [0.25, 0.3) is 0 Å². The van der Waals surface area contributed by atoms with Crippen LogP contribution in [0.1, 0.15) is 38.9 Å². The van der Waals surface area contributed by atoms with Gasteiger partial charge in [-0.15, -0.1) is 0 Å². The maximum absolute atomic E-state index is 12.7. The Bertz CT molecular complexity index is 392. The van der Waals surface area contributed by atoms with Gasteiger partial charge in [0.05, 0.1) is 11.9 Å². The summed E-state index contributed by atoms with van der Waals surface area (Å²) >= 11 is 0. The quantitative estimate of drug-likeness (QED) is 0.818. The molecule has 1 aromatic rings. The third-order valence-electron chi connectivity index (χ3n) is 2.65. The molecule has 0 aliphatic heterocycles. The van der Waals surface area contributed by atoms with Gasteiger partial charge in [0.1, 0.15) is 11.9 Å². The average molecular weight is 254 g/mol. The molecule has 2 unspecified atom stereocenters. The fourth-order valence-corrected chi connectivity index (χ4v) is 1.74. The standard InChI is InChI=1S/C13H19FN2O2/c1-8(2)6-12(13(17)18)16-9(3)11-5-4-10(14)7-15-11/h4-5,7-9,12,16H,6H2,1-3H3,(H,17,18). The van der Waals surface area contributed by atoms with Crippen LogP contribution in [0.15, 0.2) is 18.3 Å². The largest absolute Gasteiger partial charge is 0.480 e. The lowest BCUT2D eigenvalue weighted by Crippen LogP contribution is -2.39. The number of halogens is 1. The van der Waals surface area contributed by atoms with Crippen LogP contribution in [0.5, 0.6) is 0 Å². The lowest BCUT2D eigenvalue weighted by molar-refractivity contribution is -0.140. The zero-order valence-electron chi connectivity index (χ0n) is 10.9. The Morgan fingerprint density at radius 1 is 1.44 bits per heavy atom. The number of carboxylic acid groups (broad SMARTS) is 1. The molecule has 0 aromatic carbocycles. The van der Waals surface area contributed by atoms with E-state index in [1.165, 1.54) is 6.07 Å². The second kappa shape index (κ2) is 6.44. The Morgan fingerprint density at radius 3 is 2.56 bits per heavy atom. The van der Waals surface area contributed by atoms with Crippen LogP contribution in [-0.2, 0) is 4.79 Å². The van der Waals surface area contributed by atoms with Crippen molar-refractivity contribution in [1.82, 2.24) is 10.3 Å². The number of aromatic nitrogens is 1. The predicted molar refractivity (Wildman–Crippen MR) is 66.6 cm³/mol. The first-order valence-electron chi connectivity index (χ1n) is 6.00. The van der Waals surface area contributed by atoms with E-state index >= 15 is 0 Å². The number of hydrogen-bond acceptors (Lipinski definition) is 3. The van der Waals surface area contributed by atoms with Crippen LogP contribution in [0.4, 0.5) is 4.39 Å². The van der Waals surface area contributed by atoms with E-state index in [0.29, 0.717) is 12.1 Å². The number of carboxylic acids is 1. The van der Waals surface area contributed by atoms with Crippen molar-refractivity contribution in [3.8, 4) is 0 Å². The lowest BCUT2D eigenvalue weighted by Gasteiger charge is -2.21. The molecule has 2 N–H and O–H groups in total. The van der Waals surface area contributed by atoms with Crippen LogP contribution in [-0.4, -0.2) is 22.1 Å². The van der Waals surface area contributed by atoms with Crippen molar-refractivity contribution in [1.29, 1.82) is 0 Å². The van der Waals surface area contributed by atoms with Gasteiger partial charge in [0.25, 0.3) is 0 Å². The minimum absolute atomic E-state index is 0.231. The Labute approximate surface area is 106 Å². The summed E-state index contributed by atoms with van der Waals surface area (Å²) in [5.74, 6) is -0.993. The first kappa shape index (κ1) is 14.6. The number of nitrogens with one attached hydrogen (secondary N) is 1. The molecule has 0 amide bonds. The molecule has 0 spiro atoms. The first-order chi connectivity index (χ1) is 8.40. The van der Waals surface area contributed by atoms with Gasteiger partial charge in [0.2, 0.25) is 0 Å². The maximum Gasteiger partial charge on any atom is 0.320 e. The van der Waals surface area contributed by atoms with Crippen molar-refractivity contribution in [2.24, 2.45) is 5.92 Å². The van der Waals surface area contributed by atoms with Gasteiger partial charge in [-0.25, -0.2) is 4.39 Å². The summed E-state index contributed by atoms with van der Waals surface area (Å²) in [7, 11) is 0. The topological polar surface area (TPSA) is 62.2 Å². The SMILES string of the molecule is CC(C)CC(NC(C)c1ccc(F)cn1)C(=O)O. The van der Waals surface area contributed by atoms with Crippen LogP contribution in [0.3, 0.4) is 0 Å². The molecule has 2 atom stereocenters. The van der Waals surface area contributed by atoms with Crippen molar-refractivity contribution < 1.29 is 14.3 Å². The highest BCUT2D eigenvalue weighted by atomic mass is 19.1. The predicted octanol–water partition coefficient (Wildman–Crippen LogP) is 2.37. The molecule has 0 fully saturated rings. The summed E-state index contributed by atoms with van der Waals surface area (Å²) in [6.07, 6.45) is 1.67. The smallest absolute Gasteiger partial charge is 0.320 e. The van der Waals surface area contributed by atoms with Crippen molar-refractivity contribution in [2.75, 3.05) is 0 Å². The van der Waals surface area contributed by atoms with Crippen LogP contribution in [0, 0.1) is 11.7 Å². The van der Waals surface area contributed by atoms with E-state index in [4.69, 9.17) is 5.11 Å². The zero-order chi connectivity index (χ0) is 13.7. The third-order valence-corrected chi connectivity index (χ3v) is 2.65. The number of hydrogen-bond donors (Lipinski definition) is 2. The van der Waals surface area contributed by atoms with Gasteiger partial charge in [0, 0.05) is 6.04 Å². The molecule has 0 saturated carbocycles. The zero-order valence-corrected chi connectivity index (χ0v) is 10.9. The van der Waals surface area contributed by atoms with E-state index < -0.39 is 17.8 Å². The molecule has 1 rings (SSSR count). The van der Waals surface area contributed by atoms with Gasteiger partial charge in [-0.3, -0.25) is 15.1 Å². The van der Waals surface area contributed by atoms with Gasteiger partial charge in [-0.1, -0.05) is 13.8 Å². The average Bonchev–Trinajstić information content (AvgIpc) is 2.28. The number of pyridine rings is 1. The molecule has 1 aromatic heterocycles. The van der Waals surface area contributed by atoms with Gasteiger partial charge < -0.3 is 5.11 Å². The number of carbonyl (C=O) groups is 1. The highest BCUT2D eigenvalue weighted by molar-refractivity contribution is 5.73. The van der Waals surface area contributed by atoms with Gasteiger partial charge in [0.15, 0.2) is 0 Å². The molecule has 1 heterocycles. The molecular formula is C13H19FN2O2. The van der Waals surface area contributed by atoms with E-state index in [2.05, 4.69) is 10.3 Å². The number of aliphatic carboxylic acids is 1. The minimum Gasteiger partial charge on any atom is -0.480 e. The van der Waals surface area contributed by atoms with Crippen molar-refractivity contribution in [3.05, 3.63) is 29.8 Å². The molecule has 18 heavy (non-hydrogen) atoms. The Hall–Kier alpha value is -1.49. The lowest BCUT2D eigenvalue weighted by atomic mass is 10.0. The van der Waals surface area contributed by atoms with E-state index in [9.17, 15) is 9.18 Å². The van der Waals surface area contributed by atoms with E-state index in [0.717, 1.165) is 6.20 Å². The molecule has 0 radical (unpaired) electrons. The summed E-state index contributed by atoms with van der Waals surface area (Å²) in [5, 5.41) is 12.1. The Kier molecular flexibility index (Phi) is 5.22. The monoisotopic (exact) mass is 254 g/mol. The summed E-state index contributed by atoms with van der Waals surface area (Å²) in [4.78, 5) is 15.1. The normalized spacial score (nSPS) is 14.5. The summed E-state index contributed by atoms with van der Waals surface area (Å²) in [6, 6.07) is 2.03. The molecule has 0 bridgehead atoms. The fraction of sp³-hybridized carbons (Fsp3) is 0.538. The Morgan fingerprint density at radius 2 is 2.11 bits per heavy atom. The van der Waals surface area contributed by atoms with Crippen LogP contribution >= 0.6 is 0 Å². The van der Waals surface area contributed by atoms with Gasteiger partial charge in [-0.2, -0.15) is 0 Å². The van der Waals surface area contributed by atoms with Crippen LogP contribution in [0.2, 0.25) is 0 Å². The van der Waals surface area contributed by atoms with E-state index in [-0.39, 0.29) is 12.0 Å². The van der Waals surface area contributed by atoms with Crippen LogP contribution < -0.4 is 5.32 Å². The molecule has 0 saturated heterocycles. The second-order valence-corrected chi connectivity index (χ2v) is 4.81. The van der Waals surface area contributed by atoms with Gasteiger partial charge in [-0.05, 0) is 31.4 Å². The second-order valence-electron chi connectivity index (χ2n) is 4.81. The maximum atomic E-state index is 12.7. The molecule has 4 nitrogen and oxygen atoms in total. The van der Waals surface area contributed by atoms with E-state index in [1.54, 1.807) is 6.07 Å². The summed E-state index contributed by atoms with van der Waals surface area (Å²) in [5.41, 5.74) is 0.631. The summed E-state index contributed by atoms with van der Waals surface area (Å²) in [6.45, 7) is 5.76. The van der Waals surface area contributed by atoms with Gasteiger partial charge >= 0.3 is 5.97 Å². The Balaban J connectivity index is 2.68. The fourth-order valence-electron chi connectivity index (χ4n) is 1.74. The molecular weight excluding hydrogens is 235 g/mol. The third kappa shape index (κ3) is 4.41. The summed E-state index contributed by atoms with van der Waals surface area (Å²) < 4.78 is 12.7. The van der Waals surface area contributed by atoms with Crippen molar-refractivity contribution in [2.45, 2.75) is 39.3 Å². The van der Waals surface area contributed by atoms with Crippen molar-refractivity contribution >= 4 is 5.97 Å². The minimum atomic E-state index is -0.877. The highest BCUT2D eigenvalue weighted by Crippen LogP contribution is 2.13. The van der Waals surface area contributed by atoms with E-state index in [1.807, 2.05) is 20.8 Å². The molecule has 0 aliphatic carbocycles. The van der Waals surface area contributed by atoms with Crippen molar-refractivity contribution in [3.63, 3.8) is 0 Å². The highest BCUT2D eigenvalue weighted by Gasteiger charge is 2.21. The number of nitrogens with zero attached hydrogens (tertiary/aromatic N) is 1.